The number of rotatable bonds is 3. The largest absolute Gasteiger partial charge is 0.352 e. The number of hydrogen-bond acceptors (Lipinski definition) is 5. The van der Waals surface area contributed by atoms with Gasteiger partial charge in [0.05, 0.1) is 10.9 Å². The zero-order valence-electron chi connectivity index (χ0n) is 15.9. The fourth-order valence-corrected chi connectivity index (χ4v) is 5.45. The maximum atomic E-state index is 13.4. The molecular weight excluding hydrogens is 338 g/mol. The van der Waals surface area contributed by atoms with E-state index in [1.54, 1.807) is 6.33 Å². The van der Waals surface area contributed by atoms with Crippen LogP contribution in [-0.2, 0) is 4.79 Å². The second-order valence-electron chi connectivity index (χ2n) is 8.20. The van der Waals surface area contributed by atoms with Gasteiger partial charge in [0, 0.05) is 43.6 Å². The van der Waals surface area contributed by atoms with Gasteiger partial charge < -0.3 is 15.1 Å². The molecule has 3 aliphatic heterocycles. The Morgan fingerprint density at radius 1 is 1.19 bits per heavy atom. The predicted molar refractivity (Wildman–Crippen MR) is 106 cm³/mol. The minimum Gasteiger partial charge on any atom is -0.352 e. The second kappa shape index (κ2) is 6.44. The Labute approximate surface area is 160 Å². The Hall–Kier alpha value is -2.21. The Bertz CT molecular complexity index is 857. The second-order valence-corrected chi connectivity index (χ2v) is 8.20. The van der Waals surface area contributed by atoms with Crippen molar-refractivity contribution in [3.63, 3.8) is 0 Å². The molecule has 3 aliphatic rings. The van der Waals surface area contributed by atoms with Gasteiger partial charge in [-0.25, -0.2) is 9.97 Å². The lowest BCUT2D eigenvalue weighted by molar-refractivity contribution is -0.144. The lowest BCUT2D eigenvalue weighted by Crippen LogP contribution is -2.56. The number of anilines is 1. The average Bonchev–Trinajstić information content (AvgIpc) is 3.35. The first-order valence-electron chi connectivity index (χ1n) is 10.2. The molecule has 27 heavy (non-hydrogen) atoms. The number of fused-ring (bicyclic) bond motifs is 3. The van der Waals surface area contributed by atoms with Crippen molar-refractivity contribution in [1.29, 1.82) is 0 Å². The summed E-state index contributed by atoms with van der Waals surface area (Å²) in [5, 5.41) is 4.75. The molecule has 5 rings (SSSR count). The van der Waals surface area contributed by atoms with E-state index < -0.39 is 0 Å². The molecule has 0 aliphatic carbocycles. The third-order valence-electron chi connectivity index (χ3n) is 6.96. The van der Waals surface area contributed by atoms with Gasteiger partial charge in [-0.05, 0) is 37.8 Å². The van der Waals surface area contributed by atoms with Gasteiger partial charge in [-0.15, -0.1) is 0 Å². The van der Waals surface area contributed by atoms with Crippen LogP contribution in [0.3, 0.4) is 0 Å². The third kappa shape index (κ3) is 2.61. The first kappa shape index (κ1) is 16.9. The van der Waals surface area contributed by atoms with Crippen molar-refractivity contribution in [2.24, 2.45) is 5.41 Å². The molecule has 0 radical (unpaired) electrons. The maximum Gasteiger partial charge on any atom is 0.230 e. The van der Waals surface area contributed by atoms with Crippen molar-refractivity contribution >= 4 is 22.6 Å². The average molecular weight is 365 g/mol. The highest BCUT2D eigenvalue weighted by atomic mass is 16.2. The molecule has 0 saturated carbocycles. The van der Waals surface area contributed by atoms with Gasteiger partial charge in [0.15, 0.2) is 0 Å². The molecule has 2 bridgehead atoms. The van der Waals surface area contributed by atoms with E-state index in [4.69, 9.17) is 0 Å². The zero-order valence-corrected chi connectivity index (χ0v) is 15.9. The molecule has 6 heteroatoms. The van der Waals surface area contributed by atoms with Crippen molar-refractivity contribution in [1.82, 2.24) is 20.2 Å². The molecule has 4 heterocycles. The number of carbonyl (C=O) groups excluding carboxylic acids is 1. The number of hydrogen-bond donors (Lipinski definition) is 1. The van der Waals surface area contributed by atoms with Crippen molar-refractivity contribution in [2.45, 2.75) is 44.7 Å². The number of para-hydroxylation sites is 1. The number of amides is 1. The summed E-state index contributed by atoms with van der Waals surface area (Å²) in [6.07, 6.45) is 5.98. The minimum atomic E-state index is -0.174. The van der Waals surface area contributed by atoms with Crippen LogP contribution in [0, 0.1) is 5.41 Å². The van der Waals surface area contributed by atoms with Gasteiger partial charge in [-0.1, -0.05) is 19.1 Å². The standard InChI is InChI=1S/C21H27N5O/c1-2-21(13-15-7-8-18(21)24-15)20(27)26-11-9-25(10-12-26)19-16-5-3-4-6-17(16)22-14-23-19/h3-6,14-15,18,24H,2,7-13H2,1H3/t15-,18+,21+/m0/s1. The van der Waals surface area contributed by atoms with Crippen LogP contribution in [-0.4, -0.2) is 59.0 Å². The van der Waals surface area contributed by atoms with E-state index in [2.05, 4.69) is 38.1 Å². The quantitative estimate of drug-likeness (QED) is 0.904. The number of benzene rings is 1. The predicted octanol–water partition coefficient (Wildman–Crippen LogP) is 2.20. The molecule has 1 aromatic heterocycles. The summed E-state index contributed by atoms with van der Waals surface area (Å²) >= 11 is 0. The highest BCUT2D eigenvalue weighted by Crippen LogP contribution is 2.47. The molecule has 2 aromatic rings. The Balaban J connectivity index is 1.32. The highest BCUT2D eigenvalue weighted by Gasteiger charge is 2.55. The Morgan fingerprint density at radius 3 is 2.70 bits per heavy atom. The molecule has 3 atom stereocenters. The number of carbonyl (C=O) groups is 1. The van der Waals surface area contributed by atoms with Gasteiger partial charge in [-0.3, -0.25) is 4.79 Å². The van der Waals surface area contributed by atoms with Crippen LogP contribution >= 0.6 is 0 Å². The van der Waals surface area contributed by atoms with Gasteiger partial charge >= 0.3 is 0 Å². The van der Waals surface area contributed by atoms with Crippen molar-refractivity contribution in [3.8, 4) is 0 Å². The molecule has 0 spiro atoms. The lowest BCUT2D eigenvalue weighted by atomic mass is 9.70. The van der Waals surface area contributed by atoms with Crippen LogP contribution in [0.25, 0.3) is 10.9 Å². The highest BCUT2D eigenvalue weighted by molar-refractivity contribution is 5.89. The van der Waals surface area contributed by atoms with Crippen molar-refractivity contribution in [2.75, 3.05) is 31.1 Å². The van der Waals surface area contributed by atoms with Crippen LogP contribution in [0.5, 0.6) is 0 Å². The SMILES string of the molecule is CC[C@@]1(C(=O)N2CCN(c3ncnc4ccccc34)CC2)C[C@@H]2CC[C@H]1N2. The van der Waals surface area contributed by atoms with E-state index in [0.29, 0.717) is 18.0 Å². The lowest BCUT2D eigenvalue weighted by Gasteiger charge is -2.42. The van der Waals surface area contributed by atoms with E-state index >= 15 is 0 Å². The van der Waals surface area contributed by atoms with Crippen molar-refractivity contribution < 1.29 is 4.79 Å². The minimum absolute atomic E-state index is 0.174. The Morgan fingerprint density at radius 2 is 2.00 bits per heavy atom. The van der Waals surface area contributed by atoms with Crippen molar-refractivity contribution in [3.05, 3.63) is 30.6 Å². The molecule has 1 aromatic carbocycles. The summed E-state index contributed by atoms with van der Waals surface area (Å²) in [7, 11) is 0. The van der Waals surface area contributed by atoms with E-state index in [1.807, 2.05) is 18.2 Å². The topological polar surface area (TPSA) is 61.4 Å². The summed E-state index contributed by atoms with van der Waals surface area (Å²) in [4.78, 5) is 26.7. The fraction of sp³-hybridized carbons (Fsp3) is 0.571. The molecule has 3 fully saturated rings. The van der Waals surface area contributed by atoms with E-state index in [0.717, 1.165) is 62.2 Å². The number of piperazine rings is 1. The summed E-state index contributed by atoms with van der Waals surface area (Å²) < 4.78 is 0. The van der Waals surface area contributed by atoms with E-state index in [9.17, 15) is 4.79 Å². The zero-order chi connectivity index (χ0) is 18.4. The first-order chi connectivity index (χ1) is 13.2. The molecule has 142 valence electrons. The van der Waals surface area contributed by atoms with Gasteiger partial charge in [0.1, 0.15) is 12.1 Å². The summed E-state index contributed by atoms with van der Waals surface area (Å²) in [5.41, 5.74) is 0.797. The first-order valence-corrected chi connectivity index (χ1v) is 10.2. The summed E-state index contributed by atoms with van der Waals surface area (Å²) in [6.45, 7) is 5.39. The number of nitrogens with one attached hydrogen (secondary N) is 1. The van der Waals surface area contributed by atoms with Gasteiger partial charge in [0.2, 0.25) is 5.91 Å². The molecule has 1 N–H and O–H groups in total. The van der Waals surface area contributed by atoms with Crippen LogP contribution in [0.1, 0.15) is 32.6 Å². The smallest absolute Gasteiger partial charge is 0.230 e. The monoisotopic (exact) mass is 365 g/mol. The molecular formula is C21H27N5O. The molecule has 1 amide bonds. The summed E-state index contributed by atoms with van der Waals surface area (Å²) in [5.74, 6) is 1.36. The third-order valence-corrected chi connectivity index (χ3v) is 6.96. The molecule has 6 nitrogen and oxygen atoms in total. The van der Waals surface area contributed by atoms with Crippen LogP contribution in [0.2, 0.25) is 0 Å². The van der Waals surface area contributed by atoms with E-state index in [1.165, 1.54) is 6.42 Å². The molecule has 3 saturated heterocycles. The maximum absolute atomic E-state index is 13.4. The van der Waals surface area contributed by atoms with Gasteiger partial charge in [-0.2, -0.15) is 0 Å². The van der Waals surface area contributed by atoms with Crippen LogP contribution < -0.4 is 10.2 Å². The van der Waals surface area contributed by atoms with Crippen LogP contribution in [0.4, 0.5) is 5.82 Å². The fourth-order valence-electron chi connectivity index (χ4n) is 5.45. The Kier molecular flexibility index (Phi) is 4.04. The molecule has 0 unspecified atom stereocenters. The normalized spacial score (nSPS) is 30.3. The summed E-state index contributed by atoms with van der Waals surface area (Å²) in [6, 6.07) is 9.06. The number of aromatic nitrogens is 2. The number of nitrogens with zero attached hydrogens (tertiary/aromatic N) is 4. The van der Waals surface area contributed by atoms with E-state index in [-0.39, 0.29) is 5.41 Å². The van der Waals surface area contributed by atoms with Crippen LogP contribution in [0.15, 0.2) is 30.6 Å². The van der Waals surface area contributed by atoms with Gasteiger partial charge in [0.25, 0.3) is 0 Å².